The van der Waals surface area contributed by atoms with Crippen LogP contribution in [0.4, 0.5) is 0 Å². The maximum atomic E-state index is 3.25. The lowest BCUT2D eigenvalue weighted by atomic mass is 10.1. The summed E-state index contributed by atoms with van der Waals surface area (Å²) in [7, 11) is 4.24. The van der Waals surface area contributed by atoms with Crippen molar-refractivity contribution in [3.63, 3.8) is 0 Å². The molecule has 0 saturated heterocycles. The molecule has 12 heavy (non-hydrogen) atoms. The van der Waals surface area contributed by atoms with E-state index in [0.717, 1.165) is 6.54 Å². The van der Waals surface area contributed by atoms with Gasteiger partial charge in [-0.05, 0) is 34.4 Å². The SMILES string of the molecule is CCCC(CNC)N(C)C(C)C. The predicted octanol–water partition coefficient (Wildman–Crippen LogP) is 1.71. The van der Waals surface area contributed by atoms with Crippen LogP contribution in [0.3, 0.4) is 0 Å². The van der Waals surface area contributed by atoms with E-state index in [1.165, 1.54) is 12.8 Å². The van der Waals surface area contributed by atoms with Crippen LogP contribution in [-0.4, -0.2) is 37.6 Å². The normalized spacial score (nSPS) is 14.2. The fraction of sp³-hybridized carbons (Fsp3) is 1.00. The third-order valence-electron chi connectivity index (χ3n) is 2.45. The number of hydrogen-bond donors (Lipinski definition) is 1. The van der Waals surface area contributed by atoms with Gasteiger partial charge in [0.25, 0.3) is 0 Å². The van der Waals surface area contributed by atoms with Crippen molar-refractivity contribution in [2.24, 2.45) is 0 Å². The van der Waals surface area contributed by atoms with Crippen LogP contribution in [-0.2, 0) is 0 Å². The molecule has 0 aliphatic heterocycles. The van der Waals surface area contributed by atoms with Crippen LogP contribution >= 0.6 is 0 Å². The smallest absolute Gasteiger partial charge is 0.0220 e. The molecule has 0 heterocycles. The molecular formula is C10H24N2. The fourth-order valence-electron chi connectivity index (χ4n) is 1.44. The zero-order valence-electron chi connectivity index (χ0n) is 9.22. The van der Waals surface area contributed by atoms with Gasteiger partial charge in [0, 0.05) is 18.6 Å². The number of likely N-dealkylation sites (N-methyl/N-ethyl adjacent to an activating group) is 2. The lowest BCUT2D eigenvalue weighted by Gasteiger charge is -2.31. The maximum Gasteiger partial charge on any atom is 0.0220 e. The molecule has 1 atom stereocenters. The Morgan fingerprint density at radius 3 is 2.25 bits per heavy atom. The van der Waals surface area contributed by atoms with Crippen LogP contribution in [0.1, 0.15) is 33.6 Å². The third kappa shape index (κ3) is 4.07. The third-order valence-corrected chi connectivity index (χ3v) is 2.45. The Morgan fingerprint density at radius 2 is 1.92 bits per heavy atom. The van der Waals surface area contributed by atoms with Gasteiger partial charge in [0.1, 0.15) is 0 Å². The molecule has 0 aromatic heterocycles. The molecule has 1 N–H and O–H groups in total. The molecule has 0 radical (unpaired) electrons. The minimum Gasteiger partial charge on any atom is -0.318 e. The second-order valence-corrected chi connectivity index (χ2v) is 3.76. The van der Waals surface area contributed by atoms with Gasteiger partial charge in [-0.1, -0.05) is 13.3 Å². The molecule has 2 heteroatoms. The van der Waals surface area contributed by atoms with Crippen LogP contribution in [0.2, 0.25) is 0 Å². The van der Waals surface area contributed by atoms with Crippen molar-refractivity contribution in [1.29, 1.82) is 0 Å². The largest absolute Gasteiger partial charge is 0.318 e. The summed E-state index contributed by atoms with van der Waals surface area (Å²) in [5, 5.41) is 3.25. The summed E-state index contributed by atoms with van der Waals surface area (Å²) in [6, 6.07) is 1.34. The van der Waals surface area contributed by atoms with Gasteiger partial charge < -0.3 is 5.32 Å². The first-order valence-corrected chi connectivity index (χ1v) is 5.00. The molecule has 0 saturated carbocycles. The van der Waals surface area contributed by atoms with Gasteiger partial charge >= 0.3 is 0 Å². The minimum absolute atomic E-state index is 0.648. The zero-order valence-corrected chi connectivity index (χ0v) is 9.22. The highest BCUT2D eigenvalue weighted by atomic mass is 15.2. The second-order valence-electron chi connectivity index (χ2n) is 3.76. The summed E-state index contributed by atoms with van der Waals surface area (Å²) in [5.41, 5.74) is 0. The molecule has 0 rings (SSSR count). The molecule has 1 unspecified atom stereocenters. The average molecular weight is 172 g/mol. The lowest BCUT2D eigenvalue weighted by molar-refractivity contribution is 0.183. The Hall–Kier alpha value is -0.0800. The zero-order chi connectivity index (χ0) is 9.56. The number of nitrogens with one attached hydrogen (secondary N) is 1. The van der Waals surface area contributed by atoms with E-state index in [0.29, 0.717) is 12.1 Å². The van der Waals surface area contributed by atoms with Gasteiger partial charge in [0.05, 0.1) is 0 Å². The van der Waals surface area contributed by atoms with Crippen molar-refractivity contribution in [2.75, 3.05) is 20.6 Å². The lowest BCUT2D eigenvalue weighted by Crippen LogP contribution is -2.42. The molecule has 0 aliphatic rings. The van der Waals surface area contributed by atoms with E-state index in [1.54, 1.807) is 0 Å². The molecule has 0 spiro atoms. The Morgan fingerprint density at radius 1 is 1.33 bits per heavy atom. The van der Waals surface area contributed by atoms with Crippen LogP contribution in [0, 0.1) is 0 Å². The molecule has 0 aliphatic carbocycles. The summed E-state index contributed by atoms with van der Waals surface area (Å²) in [4.78, 5) is 2.44. The summed E-state index contributed by atoms with van der Waals surface area (Å²) in [6.07, 6.45) is 2.55. The molecule has 74 valence electrons. The second kappa shape index (κ2) is 6.44. The number of rotatable bonds is 6. The quantitative estimate of drug-likeness (QED) is 0.656. The van der Waals surface area contributed by atoms with Gasteiger partial charge in [-0.25, -0.2) is 0 Å². The highest BCUT2D eigenvalue weighted by Crippen LogP contribution is 2.07. The summed E-state index contributed by atoms with van der Waals surface area (Å²) in [6.45, 7) is 7.84. The van der Waals surface area contributed by atoms with E-state index < -0.39 is 0 Å². The first-order valence-electron chi connectivity index (χ1n) is 5.00. The van der Waals surface area contributed by atoms with Gasteiger partial charge in [0.15, 0.2) is 0 Å². The molecule has 0 bridgehead atoms. The first kappa shape index (κ1) is 11.9. The van der Waals surface area contributed by atoms with Crippen molar-refractivity contribution < 1.29 is 0 Å². The van der Waals surface area contributed by atoms with E-state index in [4.69, 9.17) is 0 Å². The monoisotopic (exact) mass is 172 g/mol. The Bertz CT molecular complexity index is 96.0. The van der Waals surface area contributed by atoms with E-state index in [-0.39, 0.29) is 0 Å². The van der Waals surface area contributed by atoms with E-state index in [2.05, 4.69) is 38.0 Å². The average Bonchev–Trinajstić information content (AvgIpc) is 2.03. The molecule has 0 amide bonds. The Kier molecular flexibility index (Phi) is 6.39. The van der Waals surface area contributed by atoms with E-state index in [1.807, 2.05) is 7.05 Å². The van der Waals surface area contributed by atoms with Crippen molar-refractivity contribution in [2.45, 2.75) is 45.7 Å². The Labute approximate surface area is 77.3 Å². The summed E-state index contributed by atoms with van der Waals surface area (Å²) >= 11 is 0. The van der Waals surface area contributed by atoms with Gasteiger partial charge in [-0.2, -0.15) is 0 Å². The van der Waals surface area contributed by atoms with Crippen LogP contribution in [0.5, 0.6) is 0 Å². The number of hydrogen-bond acceptors (Lipinski definition) is 2. The van der Waals surface area contributed by atoms with Gasteiger partial charge in [-0.15, -0.1) is 0 Å². The molecule has 0 fully saturated rings. The van der Waals surface area contributed by atoms with Crippen molar-refractivity contribution in [3.8, 4) is 0 Å². The highest BCUT2D eigenvalue weighted by Gasteiger charge is 2.14. The molecule has 0 aromatic carbocycles. The van der Waals surface area contributed by atoms with Gasteiger partial charge in [0.2, 0.25) is 0 Å². The van der Waals surface area contributed by atoms with Crippen molar-refractivity contribution in [1.82, 2.24) is 10.2 Å². The number of nitrogens with zero attached hydrogens (tertiary/aromatic N) is 1. The molecular weight excluding hydrogens is 148 g/mol. The fourth-order valence-corrected chi connectivity index (χ4v) is 1.44. The first-order chi connectivity index (χ1) is 5.63. The maximum absolute atomic E-state index is 3.25. The van der Waals surface area contributed by atoms with Crippen LogP contribution < -0.4 is 5.32 Å². The molecule has 2 nitrogen and oxygen atoms in total. The van der Waals surface area contributed by atoms with E-state index >= 15 is 0 Å². The Balaban J connectivity index is 3.89. The van der Waals surface area contributed by atoms with Crippen LogP contribution in [0.25, 0.3) is 0 Å². The minimum atomic E-state index is 0.648. The highest BCUT2D eigenvalue weighted by molar-refractivity contribution is 4.72. The standard InChI is InChI=1S/C10H24N2/c1-6-7-10(8-11-4)12(5)9(2)3/h9-11H,6-8H2,1-5H3. The van der Waals surface area contributed by atoms with Crippen molar-refractivity contribution in [3.05, 3.63) is 0 Å². The predicted molar refractivity (Wildman–Crippen MR) is 55.5 cm³/mol. The van der Waals surface area contributed by atoms with E-state index in [9.17, 15) is 0 Å². The van der Waals surface area contributed by atoms with Gasteiger partial charge in [-0.3, -0.25) is 4.90 Å². The summed E-state index contributed by atoms with van der Waals surface area (Å²) < 4.78 is 0. The van der Waals surface area contributed by atoms with Crippen LogP contribution in [0.15, 0.2) is 0 Å². The summed E-state index contributed by atoms with van der Waals surface area (Å²) in [5.74, 6) is 0. The van der Waals surface area contributed by atoms with Crippen molar-refractivity contribution >= 4 is 0 Å². The molecule has 0 aromatic rings. The topological polar surface area (TPSA) is 15.3 Å².